The highest BCUT2D eigenvalue weighted by Gasteiger charge is 2.29. The van der Waals surface area contributed by atoms with Crippen molar-refractivity contribution in [1.82, 2.24) is 4.98 Å². The lowest BCUT2D eigenvalue weighted by Crippen LogP contribution is -2.14. The van der Waals surface area contributed by atoms with Gasteiger partial charge in [-0.15, -0.1) is 0 Å². The van der Waals surface area contributed by atoms with E-state index < -0.39 is 27.4 Å². The van der Waals surface area contributed by atoms with Crippen molar-refractivity contribution in [1.29, 1.82) is 0 Å². The average molecular weight is 360 g/mol. The van der Waals surface area contributed by atoms with Crippen molar-refractivity contribution in [2.45, 2.75) is 29.3 Å². The summed E-state index contributed by atoms with van der Waals surface area (Å²) in [6, 6.07) is 6.26. The Labute approximate surface area is 135 Å². The second-order valence-corrected chi connectivity index (χ2v) is 6.85. The highest BCUT2D eigenvalue weighted by molar-refractivity contribution is 7.91. The number of hydrogen-bond donors (Lipinski definition) is 0. The Bertz CT molecular complexity index is 878. The first-order valence-electron chi connectivity index (χ1n) is 6.53. The Balaban J connectivity index is 2.40. The van der Waals surface area contributed by atoms with E-state index in [-0.39, 0.29) is 26.9 Å². The summed E-state index contributed by atoms with van der Waals surface area (Å²) in [5.41, 5.74) is -0.637. The highest BCUT2D eigenvalue weighted by Crippen LogP contribution is 2.26. The molecule has 1 heterocycles. The van der Waals surface area contributed by atoms with Crippen molar-refractivity contribution in [2.75, 3.05) is 0 Å². The first kappa shape index (κ1) is 17.9. The number of halogens is 3. The molecule has 0 N–H and O–H groups in total. The molecule has 10 heteroatoms. The monoisotopic (exact) mass is 360 g/mol. The van der Waals surface area contributed by atoms with E-state index in [1.165, 1.54) is 6.92 Å². The molecule has 0 radical (unpaired) electrons. The van der Waals surface area contributed by atoms with Crippen LogP contribution in [-0.2, 0) is 16.3 Å². The highest BCUT2D eigenvalue weighted by atomic mass is 32.2. The largest absolute Gasteiger partial charge is 0.394 e. The van der Waals surface area contributed by atoms with Gasteiger partial charge in [-0.05, 0) is 31.2 Å². The number of hydrogen-bond acceptors (Lipinski definition) is 5. The fourth-order valence-electron chi connectivity index (χ4n) is 2.06. The van der Waals surface area contributed by atoms with Gasteiger partial charge in [0.15, 0.2) is 0 Å². The molecule has 0 saturated carbocycles. The molecule has 1 aromatic heterocycles. The molecule has 0 aliphatic rings. The summed E-state index contributed by atoms with van der Waals surface area (Å²) in [6.07, 6.45) is -5.70. The number of nitro benzene ring substituents is 1. The molecule has 0 atom stereocenters. The van der Waals surface area contributed by atoms with Crippen LogP contribution in [0.1, 0.15) is 11.4 Å². The Morgan fingerprint density at radius 1 is 1.12 bits per heavy atom. The van der Waals surface area contributed by atoms with Gasteiger partial charge in [-0.3, -0.25) is 15.1 Å². The zero-order chi connectivity index (χ0) is 18.1. The zero-order valence-electron chi connectivity index (χ0n) is 12.2. The van der Waals surface area contributed by atoms with Gasteiger partial charge in [0.25, 0.3) is 5.69 Å². The van der Waals surface area contributed by atoms with Crippen LogP contribution in [0.5, 0.6) is 0 Å². The van der Waals surface area contributed by atoms with E-state index >= 15 is 0 Å². The molecule has 0 fully saturated rings. The van der Waals surface area contributed by atoms with Crippen LogP contribution in [-0.4, -0.2) is 24.5 Å². The predicted molar refractivity (Wildman–Crippen MR) is 77.3 cm³/mol. The number of nitrogens with zero attached hydrogens (tertiary/aromatic N) is 2. The normalized spacial score (nSPS) is 12.2. The third-order valence-corrected chi connectivity index (χ3v) is 5.03. The van der Waals surface area contributed by atoms with E-state index in [4.69, 9.17) is 0 Å². The summed E-state index contributed by atoms with van der Waals surface area (Å²) in [4.78, 5) is 13.2. The Hall–Kier alpha value is -2.49. The van der Waals surface area contributed by atoms with Crippen LogP contribution in [0.25, 0.3) is 0 Å². The summed E-state index contributed by atoms with van der Waals surface area (Å²) < 4.78 is 62.1. The molecule has 6 nitrogen and oxygen atoms in total. The Morgan fingerprint density at radius 3 is 2.17 bits per heavy atom. The Kier molecular flexibility index (Phi) is 4.61. The van der Waals surface area contributed by atoms with Crippen LogP contribution in [0.3, 0.4) is 0 Å². The van der Waals surface area contributed by atoms with Gasteiger partial charge in [-0.25, -0.2) is 8.42 Å². The number of rotatable bonds is 4. The smallest absolute Gasteiger partial charge is 0.258 e. The predicted octanol–water partition coefficient (Wildman–Crippen LogP) is 3.24. The lowest BCUT2D eigenvalue weighted by Gasteiger charge is -2.10. The minimum atomic E-state index is -4.45. The SMILES string of the molecule is Cc1nc(CC(F)(F)F)ccc1S(=O)(=O)c1ccc([N+](=O)[O-])cc1. The lowest BCUT2D eigenvalue weighted by molar-refractivity contribution is -0.384. The Morgan fingerprint density at radius 2 is 1.71 bits per heavy atom. The van der Waals surface area contributed by atoms with Gasteiger partial charge in [-0.1, -0.05) is 0 Å². The third-order valence-electron chi connectivity index (χ3n) is 3.12. The van der Waals surface area contributed by atoms with Gasteiger partial charge in [0.05, 0.1) is 26.8 Å². The number of nitro groups is 1. The molecule has 0 bridgehead atoms. The fraction of sp³-hybridized carbons (Fsp3) is 0.214. The van der Waals surface area contributed by atoms with Crippen LogP contribution < -0.4 is 0 Å². The van der Waals surface area contributed by atoms with Crippen molar-refractivity contribution >= 4 is 15.5 Å². The van der Waals surface area contributed by atoms with Gasteiger partial charge in [0, 0.05) is 17.8 Å². The van der Waals surface area contributed by atoms with Gasteiger partial charge >= 0.3 is 6.18 Å². The summed E-state index contributed by atoms with van der Waals surface area (Å²) in [5.74, 6) is 0. The third kappa shape index (κ3) is 3.88. The minimum Gasteiger partial charge on any atom is -0.258 e. The van der Waals surface area contributed by atoms with Crippen molar-refractivity contribution in [3.8, 4) is 0 Å². The van der Waals surface area contributed by atoms with Crippen LogP contribution >= 0.6 is 0 Å². The lowest BCUT2D eigenvalue weighted by atomic mass is 10.2. The summed E-state index contributed by atoms with van der Waals surface area (Å²) >= 11 is 0. The van der Waals surface area contributed by atoms with E-state index in [9.17, 15) is 31.7 Å². The summed E-state index contributed by atoms with van der Waals surface area (Å²) in [7, 11) is -4.04. The molecule has 0 spiro atoms. The van der Waals surface area contributed by atoms with Crippen LogP contribution in [0, 0.1) is 17.0 Å². The maximum absolute atomic E-state index is 12.5. The van der Waals surface area contributed by atoms with Gasteiger partial charge in [0.2, 0.25) is 9.84 Å². The molecule has 0 saturated heterocycles. The number of alkyl halides is 3. The number of sulfone groups is 1. The minimum absolute atomic E-state index is 0.0740. The van der Waals surface area contributed by atoms with E-state index in [0.717, 1.165) is 36.4 Å². The van der Waals surface area contributed by atoms with Crippen molar-refractivity contribution in [2.24, 2.45) is 0 Å². The molecule has 2 rings (SSSR count). The number of aryl methyl sites for hydroxylation is 1. The molecule has 0 aliphatic carbocycles. The number of non-ortho nitro benzene ring substituents is 1. The number of benzene rings is 1. The fourth-order valence-corrected chi connectivity index (χ4v) is 3.49. The maximum atomic E-state index is 12.5. The molecule has 128 valence electrons. The van der Waals surface area contributed by atoms with Crippen LogP contribution in [0.4, 0.5) is 18.9 Å². The van der Waals surface area contributed by atoms with E-state index in [1.54, 1.807) is 0 Å². The molecule has 0 amide bonds. The topological polar surface area (TPSA) is 90.2 Å². The van der Waals surface area contributed by atoms with Crippen molar-refractivity contribution in [3.05, 3.63) is 57.9 Å². The van der Waals surface area contributed by atoms with Crippen molar-refractivity contribution in [3.63, 3.8) is 0 Å². The second kappa shape index (κ2) is 6.19. The van der Waals surface area contributed by atoms with Gasteiger partial charge < -0.3 is 0 Å². The van der Waals surface area contributed by atoms with Crippen LogP contribution in [0.2, 0.25) is 0 Å². The summed E-state index contributed by atoms with van der Waals surface area (Å²) in [6.45, 7) is 1.29. The second-order valence-electron chi connectivity index (χ2n) is 4.93. The average Bonchev–Trinajstić information content (AvgIpc) is 2.45. The summed E-state index contributed by atoms with van der Waals surface area (Å²) in [5, 5.41) is 10.6. The zero-order valence-corrected chi connectivity index (χ0v) is 13.1. The first-order valence-corrected chi connectivity index (χ1v) is 8.02. The molecule has 0 unspecified atom stereocenters. The van der Waals surface area contributed by atoms with Gasteiger partial charge in [0.1, 0.15) is 0 Å². The molecule has 2 aromatic rings. The number of aromatic nitrogens is 1. The molecule has 1 aromatic carbocycles. The van der Waals surface area contributed by atoms with Crippen LogP contribution in [0.15, 0.2) is 46.2 Å². The molecular formula is C14H11F3N2O4S. The quantitative estimate of drug-likeness (QED) is 0.617. The molecule has 24 heavy (non-hydrogen) atoms. The number of pyridine rings is 1. The molecular weight excluding hydrogens is 349 g/mol. The first-order chi connectivity index (χ1) is 11.0. The van der Waals surface area contributed by atoms with E-state index in [1.807, 2.05) is 0 Å². The van der Waals surface area contributed by atoms with Crippen molar-refractivity contribution < 1.29 is 26.5 Å². The van der Waals surface area contributed by atoms with E-state index in [0.29, 0.717) is 0 Å². The van der Waals surface area contributed by atoms with E-state index in [2.05, 4.69) is 4.98 Å². The maximum Gasteiger partial charge on any atom is 0.394 e. The standard InChI is InChI=1S/C14H11F3N2O4S/c1-9-13(7-2-10(18-9)8-14(15,16)17)24(22,23)12-5-3-11(4-6-12)19(20)21/h2-7H,8H2,1H3. The van der Waals surface area contributed by atoms with Gasteiger partial charge in [-0.2, -0.15) is 13.2 Å². The molecule has 0 aliphatic heterocycles.